The number of hydrogen-bond donors (Lipinski definition) is 3. The van der Waals surface area contributed by atoms with Gasteiger partial charge in [0, 0.05) is 18.8 Å². The Kier molecular flexibility index (Phi) is 6.78. The summed E-state index contributed by atoms with van der Waals surface area (Å²) in [6, 6.07) is 4.69. The molecule has 0 heterocycles. The maximum Gasteiger partial charge on any atom is 0.241 e. The fourth-order valence-electron chi connectivity index (χ4n) is 1.94. The van der Waals surface area contributed by atoms with Crippen molar-refractivity contribution in [2.24, 2.45) is 0 Å². The molecule has 1 aromatic rings. The van der Waals surface area contributed by atoms with Crippen LogP contribution in [0.25, 0.3) is 0 Å². The number of likely N-dealkylation sites (N-methyl/N-ethyl adjacent to an activating group) is 1. The van der Waals surface area contributed by atoms with Crippen LogP contribution in [0.4, 0.5) is 11.4 Å². The van der Waals surface area contributed by atoms with Gasteiger partial charge in [0.1, 0.15) is 0 Å². The Balaban J connectivity index is 2.68. The Morgan fingerprint density at radius 2 is 2.25 bits per heavy atom. The summed E-state index contributed by atoms with van der Waals surface area (Å²) in [4.78, 5) is 14.2. The van der Waals surface area contributed by atoms with Crippen LogP contribution >= 0.6 is 11.6 Å². The first-order valence-electron chi connectivity index (χ1n) is 6.70. The number of anilines is 2. The highest BCUT2D eigenvalue weighted by Crippen LogP contribution is 2.24. The van der Waals surface area contributed by atoms with E-state index in [1.807, 2.05) is 18.7 Å². The smallest absolute Gasteiger partial charge is 0.241 e. The predicted molar refractivity (Wildman–Crippen MR) is 82.9 cm³/mol. The third-order valence-corrected chi connectivity index (χ3v) is 3.50. The molecule has 6 heteroatoms. The van der Waals surface area contributed by atoms with E-state index in [1.165, 1.54) is 0 Å². The van der Waals surface area contributed by atoms with Crippen LogP contribution in [0.5, 0.6) is 0 Å². The number of aliphatic hydroxyl groups is 1. The predicted octanol–water partition coefficient (Wildman–Crippen LogP) is 1.95. The number of nitrogens with two attached hydrogens (primary N) is 1. The van der Waals surface area contributed by atoms with Crippen LogP contribution in [-0.2, 0) is 4.79 Å². The van der Waals surface area contributed by atoms with Crippen molar-refractivity contribution in [1.82, 2.24) is 4.90 Å². The van der Waals surface area contributed by atoms with Gasteiger partial charge in [-0.25, -0.2) is 0 Å². The summed E-state index contributed by atoms with van der Waals surface area (Å²) in [6.45, 7) is 5.36. The monoisotopic (exact) mass is 299 g/mol. The van der Waals surface area contributed by atoms with Crippen LogP contribution in [0, 0.1) is 0 Å². The van der Waals surface area contributed by atoms with Crippen molar-refractivity contribution in [3.63, 3.8) is 0 Å². The molecule has 0 radical (unpaired) electrons. The van der Waals surface area contributed by atoms with Gasteiger partial charge in [-0.1, -0.05) is 18.5 Å². The summed E-state index contributed by atoms with van der Waals surface area (Å²) in [5, 5.41) is 12.1. The first-order chi connectivity index (χ1) is 9.49. The largest absolute Gasteiger partial charge is 0.399 e. The molecule has 1 aromatic carbocycles. The lowest BCUT2D eigenvalue weighted by Gasteiger charge is -2.26. The fourth-order valence-corrected chi connectivity index (χ4v) is 2.17. The molecule has 1 amide bonds. The molecule has 20 heavy (non-hydrogen) atoms. The Morgan fingerprint density at radius 1 is 1.55 bits per heavy atom. The highest BCUT2D eigenvalue weighted by molar-refractivity contribution is 6.34. The normalized spacial score (nSPS) is 12.4. The van der Waals surface area contributed by atoms with Gasteiger partial charge < -0.3 is 16.2 Å². The molecule has 1 atom stereocenters. The van der Waals surface area contributed by atoms with Crippen molar-refractivity contribution < 1.29 is 9.90 Å². The summed E-state index contributed by atoms with van der Waals surface area (Å²) in [5.74, 6) is -0.128. The van der Waals surface area contributed by atoms with Crippen LogP contribution in [-0.4, -0.2) is 41.7 Å². The minimum atomic E-state index is -0.292. The molecule has 1 rings (SSSR count). The quantitative estimate of drug-likeness (QED) is 0.673. The summed E-state index contributed by atoms with van der Waals surface area (Å²) in [7, 11) is 0. The maximum absolute atomic E-state index is 12.2. The van der Waals surface area contributed by atoms with Crippen LogP contribution in [0.3, 0.4) is 0 Å². The zero-order valence-corrected chi connectivity index (χ0v) is 12.7. The molecule has 0 saturated carbocycles. The van der Waals surface area contributed by atoms with Gasteiger partial charge >= 0.3 is 0 Å². The van der Waals surface area contributed by atoms with Crippen molar-refractivity contribution >= 4 is 28.9 Å². The Labute approximate surface area is 124 Å². The van der Waals surface area contributed by atoms with E-state index in [0.717, 1.165) is 6.54 Å². The molecule has 1 unspecified atom stereocenters. The van der Waals surface area contributed by atoms with Crippen LogP contribution < -0.4 is 11.1 Å². The summed E-state index contributed by atoms with van der Waals surface area (Å²) in [6.07, 6.45) is 0.647. The molecule has 0 aliphatic carbocycles. The third kappa shape index (κ3) is 4.67. The topological polar surface area (TPSA) is 78.6 Å². The van der Waals surface area contributed by atoms with E-state index in [0.29, 0.717) is 29.4 Å². The molecule has 0 aliphatic rings. The highest BCUT2D eigenvalue weighted by Gasteiger charge is 2.20. The summed E-state index contributed by atoms with van der Waals surface area (Å²) < 4.78 is 0. The van der Waals surface area contributed by atoms with Gasteiger partial charge in [0.25, 0.3) is 0 Å². The van der Waals surface area contributed by atoms with Gasteiger partial charge in [-0.15, -0.1) is 0 Å². The van der Waals surface area contributed by atoms with Gasteiger partial charge in [-0.2, -0.15) is 0 Å². The van der Waals surface area contributed by atoms with Gasteiger partial charge in [-0.3, -0.25) is 9.69 Å². The van der Waals surface area contributed by atoms with Crippen LogP contribution in [0.1, 0.15) is 20.3 Å². The molecule has 112 valence electrons. The van der Waals surface area contributed by atoms with Crippen LogP contribution in [0.15, 0.2) is 18.2 Å². The standard InChI is InChI=1S/C14H22ClN3O2/c1-3-18(7-4-8-19)10(2)14(20)17-13-6-5-11(16)9-12(13)15/h5-6,9-10,19H,3-4,7-8,16H2,1-2H3,(H,17,20). The minimum absolute atomic E-state index is 0.120. The number of rotatable bonds is 7. The summed E-state index contributed by atoms with van der Waals surface area (Å²) in [5.41, 5.74) is 6.72. The second-order valence-electron chi connectivity index (χ2n) is 4.61. The lowest BCUT2D eigenvalue weighted by atomic mass is 10.2. The number of carbonyl (C=O) groups is 1. The first kappa shape index (κ1) is 16.8. The third-order valence-electron chi connectivity index (χ3n) is 3.19. The Hall–Kier alpha value is -1.30. The molecule has 0 fully saturated rings. The average molecular weight is 300 g/mol. The number of nitrogens with zero attached hydrogens (tertiary/aromatic N) is 1. The van der Waals surface area contributed by atoms with Gasteiger partial charge in [0.15, 0.2) is 0 Å². The molecule has 4 N–H and O–H groups in total. The number of nitrogen functional groups attached to an aromatic ring is 1. The number of amides is 1. The Morgan fingerprint density at radius 3 is 2.80 bits per heavy atom. The second-order valence-corrected chi connectivity index (χ2v) is 5.02. The molecular weight excluding hydrogens is 278 g/mol. The maximum atomic E-state index is 12.2. The van der Waals surface area contributed by atoms with E-state index in [9.17, 15) is 4.79 Å². The van der Waals surface area contributed by atoms with Crippen molar-refractivity contribution in [3.05, 3.63) is 23.2 Å². The minimum Gasteiger partial charge on any atom is -0.399 e. The number of hydrogen-bond acceptors (Lipinski definition) is 4. The second kappa shape index (κ2) is 8.09. The zero-order chi connectivity index (χ0) is 15.1. The van der Waals surface area contributed by atoms with Crippen LogP contribution in [0.2, 0.25) is 5.02 Å². The summed E-state index contributed by atoms with van der Waals surface area (Å²) >= 11 is 6.03. The van der Waals surface area contributed by atoms with E-state index < -0.39 is 0 Å². The van der Waals surface area contributed by atoms with Crippen molar-refractivity contribution in [1.29, 1.82) is 0 Å². The Bertz CT molecular complexity index is 454. The molecule has 0 aliphatic heterocycles. The highest BCUT2D eigenvalue weighted by atomic mass is 35.5. The molecular formula is C14H22ClN3O2. The number of halogens is 1. The van der Waals surface area contributed by atoms with Gasteiger partial charge in [-0.05, 0) is 38.1 Å². The van der Waals surface area contributed by atoms with E-state index >= 15 is 0 Å². The molecule has 0 aromatic heterocycles. The lowest BCUT2D eigenvalue weighted by molar-refractivity contribution is -0.120. The molecule has 0 saturated heterocycles. The molecule has 0 spiro atoms. The van der Waals surface area contributed by atoms with Crippen molar-refractivity contribution in [2.45, 2.75) is 26.3 Å². The van der Waals surface area contributed by atoms with Crippen molar-refractivity contribution in [2.75, 3.05) is 30.7 Å². The average Bonchev–Trinajstić information content (AvgIpc) is 2.42. The number of aliphatic hydroxyl groups excluding tert-OH is 1. The number of nitrogens with one attached hydrogen (secondary N) is 1. The number of benzene rings is 1. The van der Waals surface area contributed by atoms with E-state index in [2.05, 4.69) is 5.32 Å². The van der Waals surface area contributed by atoms with E-state index in [1.54, 1.807) is 18.2 Å². The molecule has 5 nitrogen and oxygen atoms in total. The first-order valence-corrected chi connectivity index (χ1v) is 7.08. The van der Waals surface area contributed by atoms with E-state index in [-0.39, 0.29) is 18.6 Å². The zero-order valence-electron chi connectivity index (χ0n) is 11.9. The van der Waals surface area contributed by atoms with E-state index in [4.69, 9.17) is 22.4 Å². The SMILES string of the molecule is CCN(CCCO)C(C)C(=O)Nc1ccc(N)cc1Cl. The van der Waals surface area contributed by atoms with Crippen molar-refractivity contribution in [3.8, 4) is 0 Å². The fraction of sp³-hybridized carbons (Fsp3) is 0.500. The molecule has 0 bridgehead atoms. The number of carbonyl (C=O) groups excluding carboxylic acids is 1. The van der Waals surface area contributed by atoms with Gasteiger partial charge in [0.05, 0.1) is 16.8 Å². The lowest BCUT2D eigenvalue weighted by Crippen LogP contribution is -2.42. The van der Waals surface area contributed by atoms with Gasteiger partial charge in [0.2, 0.25) is 5.91 Å².